The number of fused-ring (bicyclic) bond motifs is 1. The second-order valence-electron chi connectivity index (χ2n) is 6.53. The monoisotopic (exact) mass is 418 g/mol. The number of aryl methyl sites for hydroxylation is 1. The third-order valence-corrected chi connectivity index (χ3v) is 4.70. The number of methoxy groups -OCH3 is 3. The van der Waals surface area contributed by atoms with Crippen LogP contribution < -0.4 is 41.7 Å². The smallest absolute Gasteiger partial charge is 0.203 e. The van der Waals surface area contributed by atoms with Gasteiger partial charge in [-0.25, -0.2) is 4.57 Å². The zero-order valence-electron chi connectivity index (χ0n) is 17.4. The molecule has 3 aromatic rings. The molecule has 0 saturated carbocycles. The van der Waals surface area contributed by atoms with Crippen LogP contribution in [-0.2, 0) is 13.5 Å². The summed E-state index contributed by atoms with van der Waals surface area (Å²) in [5.41, 5.74) is 9.22. The number of aromatic nitrogens is 1. The minimum Gasteiger partial charge on any atom is -1.00 e. The molecule has 0 fully saturated rings. The average molecular weight is 419 g/mol. The van der Waals surface area contributed by atoms with Crippen LogP contribution in [0.15, 0.2) is 36.7 Å². The fourth-order valence-electron chi connectivity index (χ4n) is 3.47. The molecule has 6 nitrogen and oxygen atoms in total. The van der Waals surface area contributed by atoms with E-state index in [0.717, 1.165) is 21.9 Å². The standard InChI is InChI=1S/C22H26N2O4.ClH/c1-6-28-18-8-7-16-15(12-24(2)13-17(16)21(18)23)9-14-10-19(25-3)22(27-5)20(11-14)26-4;/h7-8,10-13,23H,6,9H2,1-5H3;1H. The number of benzene rings is 2. The molecule has 0 aliphatic rings. The lowest BCUT2D eigenvalue weighted by atomic mass is 9.99. The van der Waals surface area contributed by atoms with Crippen LogP contribution in [-0.4, -0.2) is 27.9 Å². The van der Waals surface area contributed by atoms with Crippen molar-refractivity contribution < 1.29 is 35.9 Å². The number of nitrogen functional groups attached to an aromatic ring is 1. The minimum atomic E-state index is 0. The van der Waals surface area contributed by atoms with Gasteiger partial charge in [-0.2, -0.15) is 0 Å². The van der Waals surface area contributed by atoms with Gasteiger partial charge in [0.25, 0.3) is 0 Å². The third-order valence-electron chi connectivity index (χ3n) is 4.70. The van der Waals surface area contributed by atoms with E-state index in [2.05, 4.69) is 12.3 Å². The van der Waals surface area contributed by atoms with Crippen molar-refractivity contribution in [2.45, 2.75) is 13.3 Å². The molecular weight excluding hydrogens is 392 g/mol. The van der Waals surface area contributed by atoms with Gasteiger partial charge in [0.1, 0.15) is 12.8 Å². The molecule has 1 heterocycles. The Bertz CT molecular complexity index is 983. The first kappa shape index (κ1) is 22.4. The average Bonchev–Trinajstić information content (AvgIpc) is 2.69. The number of ether oxygens (including phenoxy) is 4. The molecule has 0 radical (unpaired) electrons. The molecule has 156 valence electrons. The first-order valence-electron chi connectivity index (χ1n) is 9.14. The van der Waals surface area contributed by atoms with E-state index in [1.54, 1.807) is 21.3 Å². The van der Waals surface area contributed by atoms with Crippen molar-refractivity contribution in [1.29, 1.82) is 0 Å². The van der Waals surface area contributed by atoms with Crippen LogP contribution in [0, 0.1) is 0 Å². The molecule has 2 aromatic carbocycles. The lowest BCUT2D eigenvalue weighted by Gasteiger charge is -2.15. The minimum absolute atomic E-state index is 0. The Hall–Kier alpha value is -2.86. The van der Waals surface area contributed by atoms with Gasteiger partial charge < -0.3 is 37.1 Å². The predicted molar refractivity (Wildman–Crippen MR) is 110 cm³/mol. The van der Waals surface area contributed by atoms with Gasteiger partial charge in [0.05, 0.1) is 39.0 Å². The second-order valence-corrected chi connectivity index (χ2v) is 6.53. The fourth-order valence-corrected chi connectivity index (χ4v) is 3.47. The van der Waals surface area contributed by atoms with Gasteiger partial charge >= 0.3 is 0 Å². The molecule has 0 amide bonds. The molecule has 0 spiro atoms. The van der Waals surface area contributed by atoms with Crippen molar-refractivity contribution in [1.82, 2.24) is 0 Å². The van der Waals surface area contributed by atoms with E-state index in [1.165, 1.54) is 0 Å². The van der Waals surface area contributed by atoms with E-state index in [0.29, 0.717) is 41.7 Å². The molecule has 2 N–H and O–H groups in total. The van der Waals surface area contributed by atoms with Crippen LogP contribution in [0.4, 0.5) is 5.69 Å². The van der Waals surface area contributed by atoms with Crippen molar-refractivity contribution in [3.63, 3.8) is 0 Å². The van der Waals surface area contributed by atoms with Crippen molar-refractivity contribution >= 4 is 16.5 Å². The van der Waals surface area contributed by atoms with E-state index in [1.807, 2.05) is 42.9 Å². The van der Waals surface area contributed by atoms with Gasteiger partial charge in [0.15, 0.2) is 23.9 Å². The zero-order chi connectivity index (χ0) is 20.3. The summed E-state index contributed by atoms with van der Waals surface area (Å²) in [5.74, 6) is 2.57. The largest absolute Gasteiger partial charge is 1.00 e. The number of rotatable bonds is 7. The third kappa shape index (κ3) is 4.43. The molecule has 3 rings (SSSR count). The summed E-state index contributed by atoms with van der Waals surface area (Å²) in [6, 6.07) is 7.93. The van der Waals surface area contributed by atoms with E-state index in [-0.39, 0.29) is 12.4 Å². The summed E-state index contributed by atoms with van der Waals surface area (Å²) < 4.78 is 24.0. The molecule has 1 aromatic heterocycles. The Labute approximate surface area is 177 Å². The quantitative estimate of drug-likeness (QED) is 0.440. The van der Waals surface area contributed by atoms with Crippen molar-refractivity contribution in [2.24, 2.45) is 7.05 Å². The predicted octanol–water partition coefficient (Wildman–Crippen LogP) is 0.266. The lowest BCUT2D eigenvalue weighted by molar-refractivity contribution is -0.670. The van der Waals surface area contributed by atoms with Crippen LogP contribution in [0.25, 0.3) is 10.8 Å². The topological polar surface area (TPSA) is 66.8 Å². The first-order chi connectivity index (χ1) is 13.5. The summed E-state index contributed by atoms with van der Waals surface area (Å²) in [6.45, 7) is 2.53. The van der Waals surface area contributed by atoms with Crippen LogP contribution in [0.3, 0.4) is 0 Å². The summed E-state index contributed by atoms with van der Waals surface area (Å²) in [7, 11) is 6.83. The van der Waals surface area contributed by atoms with Crippen molar-refractivity contribution in [3.05, 3.63) is 47.8 Å². The lowest BCUT2D eigenvalue weighted by Crippen LogP contribution is -3.00. The number of pyridine rings is 1. The molecule has 0 bridgehead atoms. The van der Waals surface area contributed by atoms with Gasteiger partial charge in [0.2, 0.25) is 5.75 Å². The van der Waals surface area contributed by atoms with Gasteiger partial charge in [-0.05, 0) is 42.1 Å². The van der Waals surface area contributed by atoms with Crippen LogP contribution in [0.1, 0.15) is 18.1 Å². The first-order valence-corrected chi connectivity index (χ1v) is 9.14. The molecule has 29 heavy (non-hydrogen) atoms. The molecular formula is C22H27ClN2O4. The maximum absolute atomic E-state index is 6.37. The van der Waals surface area contributed by atoms with E-state index < -0.39 is 0 Å². The van der Waals surface area contributed by atoms with Crippen molar-refractivity contribution in [3.8, 4) is 23.0 Å². The number of hydrogen-bond acceptors (Lipinski definition) is 5. The highest BCUT2D eigenvalue weighted by molar-refractivity contribution is 5.96. The Morgan fingerprint density at radius 2 is 1.55 bits per heavy atom. The van der Waals surface area contributed by atoms with Crippen LogP contribution in [0.5, 0.6) is 23.0 Å². The van der Waals surface area contributed by atoms with Crippen molar-refractivity contribution in [2.75, 3.05) is 33.7 Å². The maximum Gasteiger partial charge on any atom is 0.203 e. The van der Waals surface area contributed by atoms with Crippen LogP contribution in [0.2, 0.25) is 0 Å². The summed E-state index contributed by atoms with van der Waals surface area (Å²) >= 11 is 0. The number of nitrogens with zero attached hydrogens (tertiary/aromatic N) is 1. The number of anilines is 1. The zero-order valence-corrected chi connectivity index (χ0v) is 18.2. The summed E-state index contributed by atoms with van der Waals surface area (Å²) in [4.78, 5) is 0. The van der Waals surface area contributed by atoms with Crippen LogP contribution >= 0.6 is 0 Å². The highest BCUT2D eigenvalue weighted by Gasteiger charge is 2.17. The van der Waals surface area contributed by atoms with Gasteiger partial charge in [-0.3, -0.25) is 0 Å². The summed E-state index contributed by atoms with van der Waals surface area (Å²) in [6.07, 6.45) is 4.81. The number of hydrogen-bond donors (Lipinski definition) is 1. The molecule has 7 heteroatoms. The fraction of sp³-hybridized carbons (Fsp3) is 0.318. The molecule has 0 unspecified atom stereocenters. The Balaban J connectivity index is 0.00000300. The number of nitrogens with two attached hydrogens (primary N) is 1. The highest BCUT2D eigenvalue weighted by atomic mass is 35.5. The van der Waals surface area contributed by atoms with E-state index in [4.69, 9.17) is 24.7 Å². The molecule has 0 saturated heterocycles. The van der Waals surface area contributed by atoms with E-state index >= 15 is 0 Å². The van der Waals surface area contributed by atoms with E-state index in [9.17, 15) is 0 Å². The maximum atomic E-state index is 6.37. The number of halogens is 1. The van der Waals surface area contributed by atoms with Gasteiger partial charge in [-0.1, -0.05) is 0 Å². The Morgan fingerprint density at radius 3 is 2.10 bits per heavy atom. The second kappa shape index (κ2) is 9.56. The molecule has 0 aliphatic heterocycles. The molecule has 0 atom stereocenters. The Morgan fingerprint density at radius 1 is 0.897 bits per heavy atom. The van der Waals surface area contributed by atoms with Gasteiger partial charge in [-0.15, -0.1) is 0 Å². The summed E-state index contributed by atoms with van der Waals surface area (Å²) in [5, 5.41) is 2.06. The Kier molecular flexibility index (Phi) is 7.40. The SMILES string of the molecule is CCOc1ccc2c(Cc3cc(OC)c(OC)c(OC)c3)c[n+](C)cc2c1N.[Cl-]. The molecule has 0 aliphatic carbocycles. The normalized spacial score (nSPS) is 10.4. The van der Waals surface area contributed by atoms with Gasteiger partial charge in [0, 0.05) is 12.0 Å². The highest BCUT2D eigenvalue weighted by Crippen LogP contribution is 2.39.